The third-order valence-electron chi connectivity index (χ3n) is 22.8. The normalized spacial score (nSPS) is 20.0. The van der Waals surface area contributed by atoms with Crippen molar-refractivity contribution in [2.45, 2.75) is 334 Å². The molecule has 19 heteroatoms. The molecule has 0 bridgehead atoms. The zero-order valence-corrected chi connectivity index (χ0v) is 76.2. The second kappa shape index (κ2) is 46.3. The quantitative estimate of drug-likeness (QED) is 0.0333. The van der Waals surface area contributed by atoms with Crippen molar-refractivity contribution in [3.8, 4) is 34.5 Å². The van der Waals surface area contributed by atoms with Crippen molar-refractivity contribution in [3.05, 3.63) is 135 Å². The highest BCUT2D eigenvalue weighted by Crippen LogP contribution is 2.59. The number of ether oxygens (including phenoxy) is 3. The summed E-state index contributed by atoms with van der Waals surface area (Å²) in [6.07, 6.45) is 27.2. The topological polar surface area (TPSA) is 171 Å². The molecule has 1 amide bonds. The number of carbonyl (C=O) groups excluding carboxylic acids is 3. The predicted octanol–water partition coefficient (Wildman–Crippen LogP) is 26.1. The zero-order chi connectivity index (χ0) is 84.9. The highest BCUT2D eigenvalue weighted by Gasteiger charge is 2.50. The number of aromatic nitrogens is 1. The van der Waals surface area contributed by atoms with Gasteiger partial charge >= 0.3 is 0 Å². The average Bonchev–Trinajstić information content (AvgIpc) is 0.749. The van der Waals surface area contributed by atoms with Crippen LogP contribution in [0.25, 0.3) is 0 Å². The standard InChI is InChI=1S/C23H33NO3.C23H32O3S.C20H25ClO3.C6H14F3NS.C6H15N.C6H14.C5H5N.C4H10/c1-7-10-24-21(26)22(3,4)15-12-18(25)20-16-11-14(2)8-9-17(16)23(5,6)27-19(20)13-15;1-7-10-27-21(25)22(3,4)15-12-18(24)20-16-11-14(2)8-9-17(16)23(5,6)26-19(20)13-15;1-11-6-7-14-13(8-11)17-15(22)9-12(19(2,3)18(21)23)10-16(17)24-20(14,4)5;1-3-5-10(6-4-2)11(7,8)9;1-4-7(5-2)6-3;1-3-5-6-4-2;1-2-4-6-5-3-1;1-3-4-2/h8,12-13,16-17,25H,7,9-11H2,1-6H3,(H,24,26);8,12-13,16-17,24H,7,9-11H2,1-6H3;6,9-10,13-14,22H,7-8H2,1-5H3;3-6H2,1-2H3;4-6H2,1-3H3;3-6H2,1-2H3;1-5H;3-4H2,1-2H3/t2*16-,17-;13-,14-;;;;;/m111...../s1. The lowest BCUT2D eigenvalue weighted by molar-refractivity contribution is -0.125. The fourth-order valence-corrected chi connectivity index (χ4v) is 17.0. The Balaban J connectivity index is 0.000000361. The first kappa shape index (κ1) is 101. The molecule has 634 valence electrons. The smallest absolute Gasteiger partial charge is 0.278 e. The number of nitrogens with zero attached hydrogens (tertiary/aromatic N) is 3. The molecule has 112 heavy (non-hydrogen) atoms. The van der Waals surface area contributed by atoms with E-state index < -0.39 is 32.9 Å². The summed E-state index contributed by atoms with van der Waals surface area (Å²) >= 11 is 2.17. The number of carbonyl (C=O) groups is 3. The van der Waals surface area contributed by atoms with E-state index in [-0.39, 0.29) is 75.9 Å². The van der Waals surface area contributed by atoms with E-state index in [0.717, 1.165) is 96.4 Å². The Hall–Kier alpha value is -5.66. The van der Waals surface area contributed by atoms with Crippen LogP contribution in [0.1, 0.15) is 334 Å². The molecule has 6 aliphatic rings. The van der Waals surface area contributed by atoms with Gasteiger partial charge in [-0.15, -0.1) is 11.7 Å². The maximum Gasteiger partial charge on any atom is 0.278 e. The van der Waals surface area contributed by atoms with Crippen LogP contribution in [0.3, 0.4) is 0 Å². The number of fused-ring (bicyclic) bond motifs is 9. The SMILES string of the molecule is CC1=CC[C@@H]2[C@@H](C1)c1c(O)cc(C(C)(C)C(=O)Cl)cc1OC2(C)C.CCCC.CCCCCC.CCCN(CCC)S(F)(F)F.CCCNC(=O)C(C)(C)c1cc(O)c2c(c1)OC(C)(C)[C@@H]1CC=C(C)C[C@@H]21.CCCSC(=O)C(C)(C)c1cc(O)c2c(c1)OC(C)(C)[C@@H]1CC=C(C)C[C@@H]21.CCN(CC)CC.c1ccncc1. The van der Waals surface area contributed by atoms with Crippen LogP contribution in [0.4, 0.5) is 11.7 Å². The number of nitrogens with one attached hydrogen (secondary N) is 1. The summed E-state index contributed by atoms with van der Waals surface area (Å²) in [6, 6.07) is 16.8. The van der Waals surface area contributed by atoms with Crippen molar-refractivity contribution >= 4 is 51.0 Å². The molecule has 4 heterocycles. The van der Waals surface area contributed by atoms with E-state index in [4.69, 9.17) is 25.8 Å². The summed E-state index contributed by atoms with van der Waals surface area (Å²) in [4.78, 5) is 43.3. The molecule has 4 aromatic rings. The Bertz CT molecular complexity index is 3480. The van der Waals surface area contributed by atoms with Crippen molar-refractivity contribution < 1.29 is 55.6 Å². The number of hydrogen-bond acceptors (Lipinski definition) is 13. The first-order valence-corrected chi connectivity index (χ1v) is 44.6. The van der Waals surface area contributed by atoms with Crippen molar-refractivity contribution in [2.75, 3.05) is 45.0 Å². The van der Waals surface area contributed by atoms with Gasteiger partial charge in [0.05, 0.1) is 16.2 Å². The van der Waals surface area contributed by atoms with Gasteiger partial charge < -0.3 is 39.7 Å². The molecule has 0 radical (unpaired) electrons. The molecule has 4 N–H and O–H groups in total. The first-order chi connectivity index (χ1) is 52.4. The van der Waals surface area contributed by atoms with Gasteiger partial charge in [0.15, 0.2) is 5.12 Å². The number of amides is 1. The summed E-state index contributed by atoms with van der Waals surface area (Å²) in [5, 5.41) is 35.2. The number of thioether (sulfide) groups is 1. The molecule has 6 atom stereocenters. The van der Waals surface area contributed by atoms with Crippen LogP contribution in [0.2, 0.25) is 0 Å². The van der Waals surface area contributed by atoms with Crippen molar-refractivity contribution in [2.24, 2.45) is 17.8 Å². The van der Waals surface area contributed by atoms with Crippen molar-refractivity contribution in [3.63, 3.8) is 0 Å². The van der Waals surface area contributed by atoms with Gasteiger partial charge in [-0.1, -0.05) is 167 Å². The van der Waals surface area contributed by atoms with Gasteiger partial charge in [-0.3, -0.25) is 19.4 Å². The Morgan fingerprint density at radius 1 is 0.518 bits per heavy atom. The van der Waals surface area contributed by atoms with Gasteiger partial charge in [-0.25, -0.2) is 0 Å². The van der Waals surface area contributed by atoms with Crippen LogP contribution in [0.15, 0.2) is 102 Å². The molecule has 1 aromatic heterocycles. The second-order valence-electron chi connectivity index (χ2n) is 34.2. The van der Waals surface area contributed by atoms with Crippen LogP contribution in [0.5, 0.6) is 34.5 Å². The summed E-state index contributed by atoms with van der Waals surface area (Å²) < 4.78 is 56.0. The number of phenolic OH excluding ortho intramolecular Hbond substituents is 3. The number of pyridine rings is 1. The molecular weight excluding hydrogens is 1470 g/mol. The van der Waals surface area contributed by atoms with Crippen LogP contribution >= 0.6 is 34.7 Å². The van der Waals surface area contributed by atoms with Gasteiger partial charge in [0.1, 0.15) is 51.3 Å². The molecule has 3 aliphatic heterocycles. The van der Waals surface area contributed by atoms with E-state index in [1.165, 1.54) is 86.6 Å². The molecule has 0 saturated heterocycles. The largest absolute Gasteiger partial charge is 0.508 e. The van der Waals surface area contributed by atoms with E-state index in [2.05, 4.69) is 151 Å². The second-order valence-corrected chi connectivity index (χ2v) is 36.8. The Labute approximate surface area is 688 Å². The number of aromatic hydroxyl groups is 3. The lowest BCUT2D eigenvalue weighted by atomic mass is 9.66. The van der Waals surface area contributed by atoms with E-state index in [0.29, 0.717) is 52.8 Å². The zero-order valence-electron chi connectivity index (χ0n) is 73.8. The highest BCUT2D eigenvalue weighted by atomic mass is 35.5. The van der Waals surface area contributed by atoms with E-state index >= 15 is 0 Å². The maximum atomic E-state index is 12.7. The highest BCUT2D eigenvalue weighted by molar-refractivity contribution is 8.18. The molecule has 3 aromatic carbocycles. The van der Waals surface area contributed by atoms with Gasteiger partial charge in [-0.05, 0) is 265 Å². The number of allylic oxidation sites excluding steroid dienone is 6. The summed E-state index contributed by atoms with van der Waals surface area (Å²) in [5.74, 6) is 5.41. The molecule has 0 spiro atoms. The van der Waals surface area contributed by atoms with Gasteiger partial charge in [0.2, 0.25) is 11.1 Å². The van der Waals surface area contributed by atoms with Gasteiger partial charge in [-0.2, -0.15) is 4.31 Å². The summed E-state index contributed by atoms with van der Waals surface area (Å²) in [7, 11) is 0. The van der Waals surface area contributed by atoms with Crippen LogP contribution in [0, 0.1) is 17.8 Å². The monoisotopic (exact) mass is 1620 g/mol. The lowest BCUT2D eigenvalue weighted by Gasteiger charge is -2.47. The van der Waals surface area contributed by atoms with Crippen molar-refractivity contribution in [1.29, 1.82) is 0 Å². The lowest BCUT2D eigenvalue weighted by Crippen LogP contribution is -2.45. The number of hydrogen-bond donors (Lipinski definition) is 4. The molecular formula is C93H148ClF3N4O9S2. The minimum Gasteiger partial charge on any atom is -0.508 e. The molecule has 0 unspecified atom stereocenters. The fraction of sp³-hybridized carbons (Fsp3) is 0.656. The summed E-state index contributed by atoms with van der Waals surface area (Å²) in [6.45, 7) is 57.9. The molecule has 0 saturated carbocycles. The third-order valence-corrected chi connectivity index (χ3v) is 25.6. The Morgan fingerprint density at radius 2 is 0.866 bits per heavy atom. The van der Waals surface area contributed by atoms with Crippen LogP contribution < -0.4 is 19.5 Å². The Morgan fingerprint density at radius 3 is 1.12 bits per heavy atom. The first-order valence-electron chi connectivity index (χ1n) is 41.9. The molecule has 0 fully saturated rings. The van der Waals surface area contributed by atoms with Gasteiger partial charge in [0.25, 0.3) is 11.4 Å². The number of phenols is 3. The van der Waals surface area contributed by atoms with E-state index in [1.54, 1.807) is 58.3 Å². The van der Waals surface area contributed by atoms with Gasteiger partial charge in [0, 0.05) is 90.0 Å². The number of unbranched alkanes of at least 4 members (excludes halogenated alkanes) is 4. The minimum absolute atomic E-state index is 0.0342. The molecule has 10 rings (SSSR count). The van der Waals surface area contributed by atoms with Crippen LogP contribution in [-0.2, 0) is 30.6 Å². The molecule has 13 nitrogen and oxygen atoms in total. The van der Waals surface area contributed by atoms with E-state index in [9.17, 15) is 41.4 Å². The minimum atomic E-state index is -4.96. The van der Waals surface area contributed by atoms with E-state index in [1.807, 2.05) is 71.0 Å². The predicted molar refractivity (Wildman–Crippen MR) is 468 cm³/mol. The summed E-state index contributed by atoms with van der Waals surface area (Å²) in [5.41, 5.74) is 5.83. The number of halogens is 4. The van der Waals surface area contributed by atoms with Crippen molar-refractivity contribution in [1.82, 2.24) is 19.5 Å². The fourth-order valence-electron chi connectivity index (χ4n) is 15.3. The number of rotatable bonds is 22. The molecule has 3 aliphatic carbocycles. The van der Waals surface area contributed by atoms with Crippen LogP contribution in [-0.4, -0.2) is 108 Å². The average molecular weight is 1620 g/mol. The maximum absolute atomic E-state index is 12.7. The Kier molecular flexibility index (Phi) is 41.6. The number of benzene rings is 3. The third kappa shape index (κ3) is 28.3.